The summed E-state index contributed by atoms with van der Waals surface area (Å²) in [5.41, 5.74) is 0. The molecule has 3 amide bonds. The summed E-state index contributed by atoms with van der Waals surface area (Å²) in [4.78, 5) is 48.2. The lowest BCUT2D eigenvalue weighted by Gasteiger charge is -2.37. The van der Waals surface area contributed by atoms with Crippen LogP contribution in [0.15, 0.2) is 24.7 Å². The third-order valence-corrected chi connectivity index (χ3v) is 6.65. The Morgan fingerprint density at radius 2 is 1.95 bits per heavy atom. The van der Waals surface area contributed by atoms with Crippen molar-refractivity contribution in [1.29, 1.82) is 0 Å². The van der Waals surface area contributed by atoms with Gasteiger partial charge in [0, 0.05) is 32.4 Å². The monoisotopic (exact) mass is 513 g/mol. The number of likely N-dealkylation sites (N-methyl/N-ethyl adjacent to an activating group) is 2. The molecule has 0 unspecified atom stereocenters. The van der Waals surface area contributed by atoms with Crippen LogP contribution in [0.4, 0.5) is 27.2 Å². The number of anilines is 3. The van der Waals surface area contributed by atoms with E-state index in [0.717, 1.165) is 38.8 Å². The number of ether oxygens (including phenoxy) is 2. The van der Waals surface area contributed by atoms with E-state index in [1.807, 2.05) is 18.9 Å². The SMILES string of the molecule is CCOc1cnc(NC(=O)N(C)[C@@H]2CCCN(c3nccc(NC(=O)OC[C@@H]4CCCN4C)n3)C2)cn1. The van der Waals surface area contributed by atoms with Gasteiger partial charge in [-0.25, -0.2) is 24.5 Å². The van der Waals surface area contributed by atoms with Gasteiger partial charge in [0.25, 0.3) is 0 Å². The number of hydrogen-bond acceptors (Lipinski definition) is 10. The predicted octanol–water partition coefficient (Wildman–Crippen LogP) is 2.44. The topological polar surface area (TPSA) is 138 Å². The van der Waals surface area contributed by atoms with Crippen LogP contribution in [0, 0.1) is 0 Å². The fourth-order valence-electron chi connectivity index (χ4n) is 4.49. The Hall–Kier alpha value is -3.74. The maximum Gasteiger partial charge on any atom is 0.412 e. The van der Waals surface area contributed by atoms with E-state index < -0.39 is 6.09 Å². The van der Waals surface area contributed by atoms with Crippen molar-refractivity contribution in [1.82, 2.24) is 29.7 Å². The summed E-state index contributed by atoms with van der Waals surface area (Å²) in [5.74, 6) is 1.62. The quantitative estimate of drug-likeness (QED) is 0.541. The number of nitrogens with zero attached hydrogens (tertiary/aromatic N) is 7. The van der Waals surface area contributed by atoms with Gasteiger partial charge in [-0.2, -0.15) is 4.98 Å². The van der Waals surface area contributed by atoms with Gasteiger partial charge < -0.3 is 24.2 Å². The summed E-state index contributed by atoms with van der Waals surface area (Å²) >= 11 is 0. The van der Waals surface area contributed by atoms with Gasteiger partial charge in [-0.05, 0) is 52.3 Å². The molecule has 13 nitrogen and oxygen atoms in total. The smallest absolute Gasteiger partial charge is 0.412 e. The number of piperidine rings is 1. The highest BCUT2D eigenvalue weighted by Crippen LogP contribution is 2.21. The molecule has 37 heavy (non-hydrogen) atoms. The Labute approximate surface area is 216 Å². The zero-order valence-electron chi connectivity index (χ0n) is 21.6. The van der Waals surface area contributed by atoms with Crippen molar-refractivity contribution in [3.05, 3.63) is 24.7 Å². The first-order valence-corrected chi connectivity index (χ1v) is 12.6. The molecule has 0 saturated carbocycles. The average molecular weight is 514 g/mol. The van der Waals surface area contributed by atoms with Crippen molar-refractivity contribution >= 4 is 29.7 Å². The molecule has 2 aliphatic heterocycles. The Balaban J connectivity index is 1.30. The number of carbonyl (C=O) groups excluding carboxylic acids is 2. The minimum Gasteiger partial charge on any atom is -0.477 e. The van der Waals surface area contributed by atoms with Crippen molar-refractivity contribution in [2.24, 2.45) is 0 Å². The van der Waals surface area contributed by atoms with E-state index in [4.69, 9.17) is 9.47 Å². The van der Waals surface area contributed by atoms with Crippen LogP contribution in [-0.4, -0.2) is 101 Å². The number of likely N-dealkylation sites (tertiary alicyclic amines) is 1. The summed E-state index contributed by atoms with van der Waals surface area (Å²) in [6.07, 6.45) is 7.86. The summed E-state index contributed by atoms with van der Waals surface area (Å²) in [6.45, 7) is 5.03. The van der Waals surface area contributed by atoms with Gasteiger partial charge in [0.15, 0.2) is 5.82 Å². The Morgan fingerprint density at radius 3 is 2.68 bits per heavy atom. The van der Waals surface area contributed by atoms with Crippen molar-refractivity contribution in [3.63, 3.8) is 0 Å². The zero-order valence-corrected chi connectivity index (χ0v) is 21.6. The summed E-state index contributed by atoms with van der Waals surface area (Å²) in [5, 5.41) is 5.47. The van der Waals surface area contributed by atoms with Gasteiger partial charge in [0.05, 0.1) is 25.0 Å². The standard InChI is InChI=1S/C24H35N9O4/c1-4-36-21-14-26-20(13-27-21)29-23(34)32(3)17-7-6-12-33(15-17)22-25-10-9-19(28-22)30-24(35)37-16-18-8-5-11-31(18)2/h9-10,13-14,17-18H,4-8,11-12,15-16H2,1-3H3,(H,26,29,34)(H,25,28,30,35)/t17-,18+/m1/s1. The molecule has 0 radical (unpaired) electrons. The van der Waals surface area contributed by atoms with E-state index >= 15 is 0 Å². The largest absolute Gasteiger partial charge is 0.477 e. The molecule has 200 valence electrons. The number of nitrogens with one attached hydrogen (secondary N) is 2. The van der Waals surface area contributed by atoms with Gasteiger partial charge in [0.2, 0.25) is 11.8 Å². The van der Waals surface area contributed by atoms with Crippen LogP contribution >= 0.6 is 0 Å². The third kappa shape index (κ3) is 7.15. The highest BCUT2D eigenvalue weighted by molar-refractivity contribution is 5.88. The number of carbonyl (C=O) groups is 2. The number of hydrogen-bond donors (Lipinski definition) is 2. The molecule has 2 aromatic heterocycles. The molecule has 4 heterocycles. The van der Waals surface area contributed by atoms with Gasteiger partial charge >= 0.3 is 12.1 Å². The maximum absolute atomic E-state index is 12.8. The summed E-state index contributed by atoms with van der Waals surface area (Å²) in [6, 6.07) is 1.55. The highest BCUT2D eigenvalue weighted by Gasteiger charge is 2.28. The molecule has 2 fully saturated rings. The van der Waals surface area contributed by atoms with E-state index in [1.165, 1.54) is 12.4 Å². The molecule has 2 aliphatic rings. The van der Waals surface area contributed by atoms with Crippen molar-refractivity contribution in [2.75, 3.05) is 62.5 Å². The van der Waals surface area contributed by atoms with Crippen LogP contribution in [0.3, 0.4) is 0 Å². The molecule has 4 rings (SSSR count). The van der Waals surface area contributed by atoms with Crippen molar-refractivity contribution in [2.45, 2.75) is 44.7 Å². The molecule has 0 aliphatic carbocycles. The zero-order chi connectivity index (χ0) is 26.2. The second kappa shape index (κ2) is 12.5. The lowest BCUT2D eigenvalue weighted by Crippen LogP contribution is -2.50. The molecule has 0 spiro atoms. The van der Waals surface area contributed by atoms with Gasteiger partial charge in [0.1, 0.15) is 12.4 Å². The molecule has 0 bridgehead atoms. The van der Waals surface area contributed by atoms with Crippen LogP contribution in [0.5, 0.6) is 5.88 Å². The molecule has 2 saturated heterocycles. The van der Waals surface area contributed by atoms with Crippen LogP contribution in [-0.2, 0) is 4.74 Å². The molecule has 2 N–H and O–H groups in total. The van der Waals surface area contributed by atoms with Gasteiger partial charge in [-0.3, -0.25) is 10.6 Å². The van der Waals surface area contributed by atoms with Crippen molar-refractivity contribution in [3.8, 4) is 5.88 Å². The summed E-state index contributed by atoms with van der Waals surface area (Å²) in [7, 11) is 3.79. The first-order chi connectivity index (χ1) is 17.9. The average Bonchev–Trinajstić information content (AvgIpc) is 3.33. The second-order valence-electron chi connectivity index (χ2n) is 9.20. The normalized spacial score (nSPS) is 19.8. The lowest BCUT2D eigenvalue weighted by molar-refractivity contribution is 0.127. The first kappa shape index (κ1) is 26.3. The third-order valence-electron chi connectivity index (χ3n) is 6.65. The van der Waals surface area contributed by atoms with Crippen LogP contribution in [0.25, 0.3) is 0 Å². The van der Waals surface area contributed by atoms with E-state index in [1.54, 1.807) is 24.2 Å². The number of aromatic nitrogens is 4. The van der Waals surface area contributed by atoms with Crippen molar-refractivity contribution < 1.29 is 19.1 Å². The Bertz CT molecular complexity index is 1050. The number of amides is 3. The van der Waals surface area contributed by atoms with Crippen LogP contribution < -0.4 is 20.3 Å². The van der Waals surface area contributed by atoms with Crippen LogP contribution in [0.1, 0.15) is 32.6 Å². The highest BCUT2D eigenvalue weighted by atomic mass is 16.5. The Kier molecular flexibility index (Phi) is 8.88. The first-order valence-electron chi connectivity index (χ1n) is 12.6. The van der Waals surface area contributed by atoms with Crippen LogP contribution in [0.2, 0.25) is 0 Å². The predicted molar refractivity (Wildman–Crippen MR) is 138 cm³/mol. The molecular formula is C24H35N9O4. The second-order valence-corrected chi connectivity index (χ2v) is 9.20. The minimum atomic E-state index is -0.532. The number of rotatable bonds is 8. The fraction of sp³-hybridized carbons (Fsp3) is 0.583. The summed E-state index contributed by atoms with van der Waals surface area (Å²) < 4.78 is 10.7. The van der Waals surface area contributed by atoms with Gasteiger partial charge in [-0.15, -0.1) is 0 Å². The van der Waals surface area contributed by atoms with Gasteiger partial charge in [-0.1, -0.05) is 0 Å². The fourth-order valence-corrected chi connectivity index (χ4v) is 4.49. The molecule has 0 aromatic carbocycles. The molecule has 2 aromatic rings. The maximum atomic E-state index is 12.8. The van der Waals surface area contributed by atoms with E-state index in [9.17, 15) is 9.59 Å². The molecule has 13 heteroatoms. The van der Waals surface area contributed by atoms with E-state index in [0.29, 0.717) is 43.2 Å². The molecule has 2 atom stereocenters. The minimum absolute atomic E-state index is 0.0574. The number of urea groups is 1. The van der Waals surface area contributed by atoms with E-state index in [-0.39, 0.29) is 18.1 Å². The Morgan fingerprint density at radius 1 is 1.11 bits per heavy atom. The van der Waals surface area contributed by atoms with E-state index in [2.05, 4.69) is 35.5 Å². The molecular weight excluding hydrogens is 478 g/mol. The lowest BCUT2D eigenvalue weighted by atomic mass is 10.1.